The Hall–Kier alpha value is -0.760. The lowest BCUT2D eigenvalue weighted by Crippen LogP contribution is -2.35. The van der Waals surface area contributed by atoms with Crippen LogP contribution in [0.2, 0.25) is 0 Å². The lowest BCUT2D eigenvalue weighted by Gasteiger charge is -2.10. The Morgan fingerprint density at radius 1 is 1.50 bits per heavy atom. The fraction of sp³-hybridized carbons (Fsp3) is 0.833. The molecule has 0 aliphatic rings. The fourth-order valence-electron chi connectivity index (χ4n) is 0.686. The third-order valence-corrected chi connectivity index (χ3v) is 2.65. The zero-order valence-electron chi connectivity index (χ0n) is 7.41. The van der Waals surface area contributed by atoms with Gasteiger partial charge in [0.05, 0.1) is 5.92 Å². The molecule has 8 heteroatoms. The maximum absolute atomic E-state index is 11.8. The molecule has 1 unspecified atom stereocenters. The van der Waals surface area contributed by atoms with Crippen molar-refractivity contribution in [2.75, 3.05) is 6.54 Å². The van der Waals surface area contributed by atoms with Crippen LogP contribution in [-0.2, 0) is 14.8 Å². The van der Waals surface area contributed by atoms with Gasteiger partial charge in [0.25, 0.3) is 10.0 Å². The van der Waals surface area contributed by atoms with Crippen LogP contribution in [0.5, 0.6) is 0 Å². The molecule has 0 aliphatic carbocycles. The van der Waals surface area contributed by atoms with Gasteiger partial charge in [-0.15, -0.1) is 0 Å². The van der Waals surface area contributed by atoms with E-state index in [1.54, 1.807) is 0 Å². The molecular weight excluding hydrogens is 220 g/mol. The predicted octanol–water partition coefficient (Wildman–Crippen LogP) is 0.239. The molecule has 0 aliphatic heterocycles. The summed E-state index contributed by atoms with van der Waals surface area (Å²) in [6.07, 6.45) is 0.168. The summed E-state index contributed by atoms with van der Waals surface area (Å²) in [5, 5.41) is 8.49. The number of halogens is 2. The van der Waals surface area contributed by atoms with Crippen molar-refractivity contribution in [1.29, 1.82) is 0 Å². The van der Waals surface area contributed by atoms with Crippen molar-refractivity contribution in [1.82, 2.24) is 4.72 Å². The monoisotopic (exact) mass is 231 g/mol. The van der Waals surface area contributed by atoms with Gasteiger partial charge in [-0.3, -0.25) is 4.79 Å². The summed E-state index contributed by atoms with van der Waals surface area (Å²) >= 11 is 0. The number of alkyl halides is 2. The van der Waals surface area contributed by atoms with Crippen molar-refractivity contribution in [3.63, 3.8) is 0 Å². The highest BCUT2D eigenvalue weighted by Gasteiger charge is 2.25. The molecule has 0 radical (unpaired) electrons. The van der Waals surface area contributed by atoms with E-state index in [-0.39, 0.29) is 6.42 Å². The number of carboxylic acid groups (broad SMARTS) is 1. The van der Waals surface area contributed by atoms with E-state index < -0.39 is 34.2 Å². The van der Waals surface area contributed by atoms with Crippen LogP contribution in [0.15, 0.2) is 0 Å². The molecule has 0 fully saturated rings. The fourth-order valence-corrected chi connectivity index (χ4v) is 1.25. The van der Waals surface area contributed by atoms with Crippen LogP contribution in [0.25, 0.3) is 0 Å². The third kappa shape index (κ3) is 3.97. The SMILES string of the molecule is CCC(CNS(=O)(=O)C(F)F)C(=O)O. The molecule has 5 nitrogen and oxygen atoms in total. The Balaban J connectivity index is 4.24. The van der Waals surface area contributed by atoms with Gasteiger partial charge in [0.1, 0.15) is 0 Å². The van der Waals surface area contributed by atoms with Gasteiger partial charge in [0.15, 0.2) is 0 Å². The summed E-state index contributed by atoms with van der Waals surface area (Å²) in [6.45, 7) is 1.01. The van der Waals surface area contributed by atoms with E-state index in [2.05, 4.69) is 0 Å². The Bertz CT molecular complexity index is 290. The first-order chi connectivity index (χ1) is 6.31. The zero-order valence-corrected chi connectivity index (χ0v) is 8.22. The Morgan fingerprint density at radius 2 is 2.00 bits per heavy atom. The first-order valence-corrected chi connectivity index (χ1v) is 5.35. The number of rotatable bonds is 6. The highest BCUT2D eigenvalue weighted by Crippen LogP contribution is 2.05. The van der Waals surface area contributed by atoms with Crippen molar-refractivity contribution in [3.8, 4) is 0 Å². The first-order valence-electron chi connectivity index (χ1n) is 3.80. The number of carboxylic acids is 1. The molecule has 0 aromatic carbocycles. The van der Waals surface area contributed by atoms with Gasteiger partial charge >= 0.3 is 11.7 Å². The van der Waals surface area contributed by atoms with Gasteiger partial charge < -0.3 is 5.11 Å². The molecule has 0 rings (SSSR count). The lowest BCUT2D eigenvalue weighted by molar-refractivity contribution is -0.141. The molecule has 84 valence electrons. The van der Waals surface area contributed by atoms with Crippen molar-refractivity contribution in [3.05, 3.63) is 0 Å². The number of hydrogen-bond acceptors (Lipinski definition) is 3. The van der Waals surface area contributed by atoms with E-state index >= 15 is 0 Å². The number of aliphatic carboxylic acids is 1. The maximum atomic E-state index is 11.8. The summed E-state index contributed by atoms with van der Waals surface area (Å²) in [5.41, 5.74) is 0. The minimum Gasteiger partial charge on any atom is -0.481 e. The summed E-state index contributed by atoms with van der Waals surface area (Å²) in [5.74, 6) is -5.73. The van der Waals surface area contributed by atoms with Gasteiger partial charge in [-0.25, -0.2) is 13.1 Å². The van der Waals surface area contributed by atoms with Crippen molar-refractivity contribution in [2.45, 2.75) is 19.1 Å². The van der Waals surface area contributed by atoms with Crippen LogP contribution in [0.4, 0.5) is 8.78 Å². The maximum Gasteiger partial charge on any atom is 0.350 e. The highest BCUT2D eigenvalue weighted by molar-refractivity contribution is 7.89. The smallest absolute Gasteiger partial charge is 0.350 e. The average molecular weight is 231 g/mol. The number of hydrogen-bond donors (Lipinski definition) is 2. The number of sulfonamides is 1. The number of nitrogens with one attached hydrogen (secondary N) is 1. The summed E-state index contributed by atoms with van der Waals surface area (Å²) in [7, 11) is -4.68. The minimum atomic E-state index is -4.68. The third-order valence-electron chi connectivity index (χ3n) is 1.61. The second-order valence-electron chi connectivity index (χ2n) is 2.60. The van der Waals surface area contributed by atoms with Gasteiger partial charge in [-0.05, 0) is 6.42 Å². The standard InChI is InChI=1S/C6H11F2NO4S/c1-2-4(5(10)11)3-9-14(12,13)6(7)8/h4,6,9H,2-3H2,1H3,(H,10,11). The molecule has 0 bridgehead atoms. The second kappa shape index (κ2) is 5.20. The van der Waals surface area contributed by atoms with Gasteiger partial charge in [-0.1, -0.05) is 6.92 Å². The molecule has 0 amide bonds. The van der Waals surface area contributed by atoms with Crippen molar-refractivity contribution < 1.29 is 27.1 Å². The summed E-state index contributed by atoms with van der Waals surface area (Å²) in [4.78, 5) is 10.4. The quantitative estimate of drug-likeness (QED) is 0.685. The van der Waals surface area contributed by atoms with Crippen LogP contribution in [0.3, 0.4) is 0 Å². The van der Waals surface area contributed by atoms with E-state index in [1.165, 1.54) is 11.6 Å². The normalized spacial score (nSPS) is 14.3. The highest BCUT2D eigenvalue weighted by atomic mass is 32.2. The summed E-state index contributed by atoms with van der Waals surface area (Å²) < 4.78 is 46.1. The molecule has 0 heterocycles. The molecule has 0 aromatic heterocycles. The second-order valence-corrected chi connectivity index (χ2v) is 4.33. The van der Waals surface area contributed by atoms with Crippen LogP contribution in [-0.4, -0.2) is 31.8 Å². The topological polar surface area (TPSA) is 83.5 Å². The lowest BCUT2D eigenvalue weighted by atomic mass is 10.1. The Labute approximate surface area is 80.2 Å². The van der Waals surface area contributed by atoms with Crippen LogP contribution < -0.4 is 4.72 Å². The molecule has 0 aromatic rings. The van der Waals surface area contributed by atoms with Gasteiger partial charge in [0.2, 0.25) is 0 Å². The van der Waals surface area contributed by atoms with E-state index in [9.17, 15) is 22.0 Å². The van der Waals surface area contributed by atoms with Gasteiger partial charge in [0, 0.05) is 6.54 Å². The van der Waals surface area contributed by atoms with Crippen LogP contribution >= 0.6 is 0 Å². The van der Waals surface area contributed by atoms with E-state index in [0.717, 1.165) is 0 Å². The zero-order chi connectivity index (χ0) is 11.4. The largest absolute Gasteiger partial charge is 0.481 e. The van der Waals surface area contributed by atoms with E-state index in [0.29, 0.717) is 0 Å². The van der Waals surface area contributed by atoms with Crippen LogP contribution in [0.1, 0.15) is 13.3 Å². The Kier molecular flexibility index (Phi) is 4.92. The predicted molar refractivity (Wildman–Crippen MR) is 44.3 cm³/mol. The molecule has 0 saturated carbocycles. The molecule has 14 heavy (non-hydrogen) atoms. The van der Waals surface area contributed by atoms with Crippen molar-refractivity contribution in [2.24, 2.45) is 5.92 Å². The number of carbonyl (C=O) groups is 1. The van der Waals surface area contributed by atoms with Crippen LogP contribution in [0, 0.1) is 5.92 Å². The Morgan fingerprint density at radius 3 is 2.29 bits per heavy atom. The van der Waals surface area contributed by atoms with Gasteiger partial charge in [-0.2, -0.15) is 8.78 Å². The molecular formula is C6H11F2NO4S. The molecule has 0 saturated heterocycles. The average Bonchev–Trinajstić information content (AvgIpc) is 2.04. The van der Waals surface area contributed by atoms with E-state index in [4.69, 9.17) is 5.11 Å². The minimum absolute atomic E-state index is 0.168. The summed E-state index contributed by atoms with van der Waals surface area (Å²) in [6, 6.07) is 0. The molecule has 1 atom stereocenters. The molecule has 0 spiro atoms. The molecule has 2 N–H and O–H groups in total. The first kappa shape index (κ1) is 13.2. The van der Waals surface area contributed by atoms with Crippen molar-refractivity contribution >= 4 is 16.0 Å². The van der Waals surface area contributed by atoms with E-state index in [1.807, 2.05) is 0 Å².